The lowest BCUT2D eigenvalue weighted by atomic mass is 9.91. The highest BCUT2D eigenvalue weighted by Gasteiger charge is 2.21. The highest BCUT2D eigenvalue weighted by atomic mass is 14.9. The van der Waals surface area contributed by atoms with E-state index in [-0.39, 0.29) is 0 Å². The summed E-state index contributed by atoms with van der Waals surface area (Å²) in [7, 11) is 0. The fraction of sp³-hybridized carbons (Fsp3) is 0.333. The van der Waals surface area contributed by atoms with Crippen molar-refractivity contribution in [3.05, 3.63) is 29.6 Å². The number of nitrogens with one attached hydrogen (secondary N) is 1. The number of nitrogens with zero attached hydrogens (tertiary/aromatic N) is 2. The average Bonchev–Trinajstić information content (AvgIpc) is 2.02. The van der Waals surface area contributed by atoms with Crippen molar-refractivity contribution < 1.29 is 0 Å². The Morgan fingerprint density at radius 1 is 1.58 bits per heavy atom. The second-order valence-corrected chi connectivity index (χ2v) is 2.93. The first kappa shape index (κ1) is 7.26. The van der Waals surface area contributed by atoms with E-state index in [4.69, 9.17) is 5.26 Å². The van der Waals surface area contributed by atoms with Crippen LogP contribution in [0.5, 0.6) is 0 Å². The van der Waals surface area contributed by atoms with E-state index in [0.29, 0.717) is 11.5 Å². The van der Waals surface area contributed by atoms with Gasteiger partial charge < -0.3 is 5.32 Å². The summed E-state index contributed by atoms with van der Waals surface area (Å²) in [5.74, 6) is 0.516. The average molecular weight is 159 g/mol. The standard InChI is InChI=1S/C9H9N3/c10-3-7-4-11-2-1-9(7)8-5-12-6-8/h1-2,4,8,12H,5-6H2. The molecule has 60 valence electrons. The Hall–Kier alpha value is -1.40. The second kappa shape index (κ2) is 2.92. The zero-order valence-corrected chi connectivity index (χ0v) is 6.62. The largest absolute Gasteiger partial charge is 0.315 e. The van der Waals surface area contributed by atoms with Gasteiger partial charge in [0, 0.05) is 31.4 Å². The number of nitriles is 1. The van der Waals surface area contributed by atoms with Crippen LogP contribution in [-0.2, 0) is 0 Å². The van der Waals surface area contributed by atoms with Crippen molar-refractivity contribution in [1.29, 1.82) is 5.26 Å². The predicted molar refractivity (Wildman–Crippen MR) is 44.6 cm³/mol. The molecule has 0 amide bonds. The van der Waals surface area contributed by atoms with Gasteiger partial charge in [-0.15, -0.1) is 0 Å². The quantitative estimate of drug-likeness (QED) is 0.654. The van der Waals surface area contributed by atoms with E-state index < -0.39 is 0 Å². The van der Waals surface area contributed by atoms with E-state index in [1.54, 1.807) is 12.4 Å². The van der Waals surface area contributed by atoms with Crippen molar-refractivity contribution in [2.24, 2.45) is 0 Å². The third-order valence-corrected chi connectivity index (χ3v) is 2.20. The monoisotopic (exact) mass is 159 g/mol. The SMILES string of the molecule is N#Cc1cnccc1C1CNC1. The minimum Gasteiger partial charge on any atom is -0.315 e. The summed E-state index contributed by atoms with van der Waals surface area (Å²) < 4.78 is 0. The first-order chi connectivity index (χ1) is 5.92. The van der Waals surface area contributed by atoms with Crippen LogP contribution in [0.25, 0.3) is 0 Å². The molecule has 0 atom stereocenters. The van der Waals surface area contributed by atoms with Crippen LogP contribution >= 0.6 is 0 Å². The van der Waals surface area contributed by atoms with Crippen LogP contribution in [0.1, 0.15) is 17.0 Å². The van der Waals surface area contributed by atoms with Gasteiger partial charge in [0.1, 0.15) is 6.07 Å². The smallest absolute Gasteiger partial charge is 0.101 e. The van der Waals surface area contributed by atoms with E-state index in [9.17, 15) is 0 Å². The van der Waals surface area contributed by atoms with Crippen molar-refractivity contribution in [2.45, 2.75) is 5.92 Å². The Morgan fingerprint density at radius 3 is 3.00 bits per heavy atom. The zero-order chi connectivity index (χ0) is 8.39. The molecule has 3 nitrogen and oxygen atoms in total. The third kappa shape index (κ3) is 1.06. The van der Waals surface area contributed by atoms with Crippen LogP contribution in [0.15, 0.2) is 18.5 Å². The Bertz CT molecular complexity index is 323. The third-order valence-electron chi connectivity index (χ3n) is 2.20. The van der Waals surface area contributed by atoms with Gasteiger partial charge in [0.05, 0.1) is 5.56 Å². The Kier molecular flexibility index (Phi) is 1.77. The van der Waals surface area contributed by atoms with Crippen LogP contribution in [0.2, 0.25) is 0 Å². The first-order valence-electron chi connectivity index (χ1n) is 3.96. The lowest BCUT2D eigenvalue weighted by Gasteiger charge is -2.27. The first-order valence-corrected chi connectivity index (χ1v) is 3.96. The molecule has 0 aliphatic carbocycles. The van der Waals surface area contributed by atoms with Gasteiger partial charge in [-0.2, -0.15) is 5.26 Å². The number of aromatic nitrogens is 1. The normalized spacial score (nSPS) is 16.6. The van der Waals surface area contributed by atoms with Crippen molar-refractivity contribution >= 4 is 0 Å². The lowest BCUT2D eigenvalue weighted by molar-refractivity contribution is 0.447. The Labute approximate surface area is 71.0 Å². The molecule has 1 aliphatic rings. The number of hydrogen-bond acceptors (Lipinski definition) is 3. The van der Waals surface area contributed by atoms with Gasteiger partial charge in [-0.05, 0) is 11.6 Å². The highest BCUT2D eigenvalue weighted by molar-refractivity contribution is 5.38. The maximum absolute atomic E-state index is 8.78. The van der Waals surface area contributed by atoms with Crippen molar-refractivity contribution in [3.8, 4) is 6.07 Å². The molecular formula is C9H9N3. The summed E-state index contributed by atoms with van der Waals surface area (Å²) in [6.07, 6.45) is 3.38. The Morgan fingerprint density at radius 2 is 2.42 bits per heavy atom. The minimum absolute atomic E-state index is 0.516. The van der Waals surface area contributed by atoms with Gasteiger partial charge in [-0.25, -0.2) is 0 Å². The molecule has 0 unspecified atom stereocenters. The van der Waals surface area contributed by atoms with Gasteiger partial charge in [0.25, 0.3) is 0 Å². The van der Waals surface area contributed by atoms with Gasteiger partial charge in [0.15, 0.2) is 0 Å². The molecule has 0 spiro atoms. The summed E-state index contributed by atoms with van der Waals surface area (Å²) in [6.45, 7) is 1.97. The summed E-state index contributed by atoms with van der Waals surface area (Å²) in [6, 6.07) is 4.09. The summed E-state index contributed by atoms with van der Waals surface area (Å²) >= 11 is 0. The summed E-state index contributed by atoms with van der Waals surface area (Å²) in [5.41, 5.74) is 1.84. The van der Waals surface area contributed by atoms with Crippen LogP contribution in [0.4, 0.5) is 0 Å². The van der Waals surface area contributed by atoms with Crippen LogP contribution in [0.3, 0.4) is 0 Å². The van der Waals surface area contributed by atoms with E-state index in [1.807, 2.05) is 6.07 Å². The summed E-state index contributed by atoms with van der Waals surface area (Å²) in [5, 5.41) is 12.0. The molecule has 0 bridgehead atoms. The minimum atomic E-state index is 0.516. The second-order valence-electron chi connectivity index (χ2n) is 2.93. The molecule has 1 N–H and O–H groups in total. The Balaban J connectivity index is 2.35. The predicted octanol–water partition coefficient (Wildman–Crippen LogP) is 0.640. The maximum atomic E-state index is 8.78. The molecule has 1 saturated heterocycles. The van der Waals surface area contributed by atoms with Crippen molar-refractivity contribution in [1.82, 2.24) is 10.3 Å². The number of rotatable bonds is 1. The van der Waals surface area contributed by atoms with Crippen LogP contribution in [-0.4, -0.2) is 18.1 Å². The lowest BCUT2D eigenvalue weighted by Crippen LogP contribution is -2.40. The maximum Gasteiger partial charge on any atom is 0.101 e. The highest BCUT2D eigenvalue weighted by Crippen LogP contribution is 2.21. The summed E-state index contributed by atoms with van der Waals surface area (Å²) in [4.78, 5) is 3.91. The number of hydrogen-bond donors (Lipinski definition) is 1. The molecule has 1 fully saturated rings. The molecule has 0 saturated carbocycles. The van der Waals surface area contributed by atoms with Crippen LogP contribution < -0.4 is 5.32 Å². The fourth-order valence-electron chi connectivity index (χ4n) is 1.36. The molecule has 1 aromatic rings. The van der Waals surface area contributed by atoms with E-state index in [2.05, 4.69) is 16.4 Å². The molecule has 2 rings (SSSR count). The number of pyridine rings is 1. The van der Waals surface area contributed by atoms with Crippen molar-refractivity contribution in [2.75, 3.05) is 13.1 Å². The molecule has 0 aromatic carbocycles. The van der Waals surface area contributed by atoms with E-state index >= 15 is 0 Å². The topological polar surface area (TPSA) is 48.7 Å². The van der Waals surface area contributed by atoms with Gasteiger partial charge in [-0.3, -0.25) is 4.98 Å². The molecular weight excluding hydrogens is 150 g/mol. The molecule has 1 aromatic heterocycles. The van der Waals surface area contributed by atoms with Crippen LogP contribution in [0, 0.1) is 11.3 Å². The zero-order valence-electron chi connectivity index (χ0n) is 6.62. The fourth-order valence-corrected chi connectivity index (χ4v) is 1.36. The molecule has 3 heteroatoms. The molecule has 2 heterocycles. The van der Waals surface area contributed by atoms with E-state index in [1.165, 1.54) is 0 Å². The molecule has 0 radical (unpaired) electrons. The van der Waals surface area contributed by atoms with Gasteiger partial charge in [-0.1, -0.05) is 0 Å². The van der Waals surface area contributed by atoms with Gasteiger partial charge in [0.2, 0.25) is 0 Å². The molecule has 1 aliphatic heterocycles. The van der Waals surface area contributed by atoms with E-state index in [0.717, 1.165) is 18.7 Å². The van der Waals surface area contributed by atoms with Crippen molar-refractivity contribution in [3.63, 3.8) is 0 Å². The molecule has 12 heavy (non-hydrogen) atoms. The van der Waals surface area contributed by atoms with Gasteiger partial charge >= 0.3 is 0 Å².